The number of amidine groups is 1. The summed E-state index contributed by atoms with van der Waals surface area (Å²) in [5.41, 5.74) is 0.935. The zero-order valence-corrected chi connectivity index (χ0v) is 22.6. The normalized spacial score (nSPS) is 27.9. The number of aliphatic imine (C=N–C) groups is 1. The minimum absolute atomic E-state index is 0.0454. The Morgan fingerprint density at radius 1 is 1.15 bits per heavy atom. The summed E-state index contributed by atoms with van der Waals surface area (Å²) in [6.07, 6.45) is 9.29. The van der Waals surface area contributed by atoms with Gasteiger partial charge in [-0.3, -0.25) is 24.2 Å². The van der Waals surface area contributed by atoms with Crippen LogP contribution in [0.25, 0.3) is 0 Å². The van der Waals surface area contributed by atoms with E-state index in [1.807, 2.05) is 17.0 Å². The van der Waals surface area contributed by atoms with E-state index in [1.54, 1.807) is 29.2 Å². The molecule has 1 aromatic carbocycles. The highest BCUT2D eigenvalue weighted by Gasteiger charge is 2.58. The molecule has 10 heteroatoms. The van der Waals surface area contributed by atoms with Gasteiger partial charge in [0.15, 0.2) is 0 Å². The molecule has 1 N–H and O–H groups in total. The number of hydrogen-bond acceptors (Lipinski definition) is 5. The molecule has 6 aliphatic rings. The molecule has 4 fully saturated rings. The maximum absolute atomic E-state index is 15.7. The molecule has 2 aliphatic heterocycles. The van der Waals surface area contributed by atoms with Crippen LogP contribution in [-0.2, 0) is 19.6 Å². The van der Waals surface area contributed by atoms with Crippen molar-refractivity contribution in [2.75, 3.05) is 24.4 Å². The van der Waals surface area contributed by atoms with Gasteiger partial charge in [0, 0.05) is 49.2 Å². The van der Waals surface area contributed by atoms with Gasteiger partial charge in [0.05, 0.1) is 5.25 Å². The van der Waals surface area contributed by atoms with Crippen LogP contribution in [0, 0.1) is 11.8 Å². The molecule has 1 saturated heterocycles. The number of rotatable bonds is 8. The van der Waals surface area contributed by atoms with Crippen molar-refractivity contribution in [1.29, 1.82) is 0 Å². The first-order chi connectivity index (χ1) is 18.7. The van der Waals surface area contributed by atoms with Crippen LogP contribution >= 0.6 is 0 Å². The van der Waals surface area contributed by atoms with Gasteiger partial charge < -0.3 is 4.90 Å². The summed E-state index contributed by atoms with van der Waals surface area (Å²) in [5.74, 6) is 0.370. The third-order valence-corrected chi connectivity index (χ3v) is 10.7. The Morgan fingerprint density at radius 3 is 2.64 bits per heavy atom. The van der Waals surface area contributed by atoms with Crippen LogP contribution in [0.3, 0.4) is 0 Å². The van der Waals surface area contributed by atoms with Gasteiger partial charge in [0.2, 0.25) is 15.9 Å². The third-order valence-electron chi connectivity index (χ3n) is 8.87. The second kappa shape index (κ2) is 9.01. The molecule has 2 heterocycles. The molecule has 1 spiro atoms. The van der Waals surface area contributed by atoms with Crippen LogP contribution < -0.4 is 4.72 Å². The molecule has 206 valence electrons. The van der Waals surface area contributed by atoms with Crippen molar-refractivity contribution in [3.05, 3.63) is 53.4 Å². The fourth-order valence-corrected chi connectivity index (χ4v) is 7.44. The number of allylic oxidation sites excluding steroid dienone is 2. The Hall–Kier alpha value is -3.01. The summed E-state index contributed by atoms with van der Waals surface area (Å²) in [6, 6.07) is 7.13. The van der Waals surface area contributed by atoms with E-state index in [4.69, 9.17) is 4.99 Å². The topological polar surface area (TPSA) is 99.2 Å². The van der Waals surface area contributed by atoms with Gasteiger partial charge in [-0.15, -0.1) is 0 Å². The zero-order chi connectivity index (χ0) is 26.9. The number of likely N-dealkylation sites (tertiary alicyclic amines) is 1. The van der Waals surface area contributed by atoms with Crippen LogP contribution in [0.2, 0.25) is 0 Å². The third kappa shape index (κ3) is 4.70. The highest BCUT2D eigenvalue weighted by atomic mass is 32.2. The number of anilines is 1. The lowest BCUT2D eigenvalue weighted by atomic mass is 9.88. The molecule has 2 atom stereocenters. The lowest BCUT2D eigenvalue weighted by Gasteiger charge is -2.26. The number of benzene rings is 1. The number of hydrogen-bond donors (Lipinski definition) is 1. The average Bonchev–Trinajstić information content (AvgIpc) is 3.78. The molecule has 8 nitrogen and oxygen atoms in total. The van der Waals surface area contributed by atoms with E-state index in [1.165, 1.54) is 0 Å². The maximum Gasteiger partial charge on any atom is 0.256 e. The summed E-state index contributed by atoms with van der Waals surface area (Å²) in [4.78, 5) is 34.2. The van der Waals surface area contributed by atoms with E-state index >= 15 is 4.39 Å². The van der Waals surface area contributed by atoms with Crippen LogP contribution in [0.5, 0.6) is 0 Å². The SMILES string of the molecule is O=C(C1CC1)N1CC[C@@H](CN2C(=O)C3(CC3)N=C2C2=C(F)CC(c3cccc(NS(=O)(=O)C4CC4)c3)C=C2)C1. The smallest absolute Gasteiger partial charge is 0.256 e. The summed E-state index contributed by atoms with van der Waals surface area (Å²) < 4.78 is 43.1. The number of nitrogens with zero attached hydrogens (tertiary/aromatic N) is 3. The second-order valence-electron chi connectivity index (χ2n) is 12.1. The van der Waals surface area contributed by atoms with E-state index in [2.05, 4.69) is 4.72 Å². The van der Waals surface area contributed by atoms with Gasteiger partial charge in [-0.2, -0.15) is 0 Å². The molecule has 1 unspecified atom stereocenters. The quantitative estimate of drug-likeness (QED) is 0.529. The number of amides is 2. The van der Waals surface area contributed by atoms with Crippen LogP contribution in [0.1, 0.15) is 62.8 Å². The molecule has 3 saturated carbocycles. The van der Waals surface area contributed by atoms with Crippen molar-refractivity contribution in [1.82, 2.24) is 9.80 Å². The minimum atomic E-state index is -3.38. The van der Waals surface area contributed by atoms with Crippen molar-refractivity contribution < 1.29 is 22.4 Å². The summed E-state index contributed by atoms with van der Waals surface area (Å²) in [6.45, 7) is 1.80. The molecular formula is C29H33FN4O4S. The lowest BCUT2D eigenvalue weighted by molar-refractivity contribution is -0.131. The van der Waals surface area contributed by atoms with Crippen LogP contribution in [0.4, 0.5) is 10.1 Å². The van der Waals surface area contributed by atoms with E-state index < -0.39 is 15.6 Å². The van der Waals surface area contributed by atoms with Crippen molar-refractivity contribution in [2.45, 2.75) is 68.1 Å². The van der Waals surface area contributed by atoms with Gasteiger partial charge in [-0.05, 0) is 68.6 Å². The molecule has 2 amide bonds. The predicted octanol–water partition coefficient (Wildman–Crippen LogP) is 3.89. The molecular weight excluding hydrogens is 519 g/mol. The van der Waals surface area contributed by atoms with Crippen LogP contribution in [0.15, 0.2) is 52.8 Å². The molecule has 0 bridgehead atoms. The largest absolute Gasteiger partial charge is 0.342 e. The Morgan fingerprint density at radius 2 is 1.95 bits per heavy atom. The van der Waals surface area contributed by atoms with Gasteiger partial charge >= 0.3 is 0 Å². The summed E-state index contributed by atoms with van der Waals surface area (Å²) in [7, 11) is -3.38. The first-order valence-corrected chi connectivity index (χ1v) is 15.7. The first kappa shape index (κ1) is 25.0. The molecule has 0 aromatic heterocycles. The molecule has 0 radical (unpaired) electrons. The second-order valence-corrected chi connectivity index (χ2v) is 14.0. The van der Waals surface area contributed by atoms with E-state index in [9.17, 15) is 18.0 Å². The standard InChI is InChI=1S/C29H33FN4O4S/c30-25-15-21(20-2-1-3-22(14-20)32-39(37,38)23-7-8-23)6-9-24(25)26-31-29(11-12-29)28(36)34(26)17-18-10-13-33(16-18)27(35)19-4-5-19/h1-3,6,9,14,18-19,21,23,32H,4-5,7-8,10-13,15-17H2/t18-,21?/m1/s1. The van der Waals surface area contributed by atoms with Gasteiger partial charge in [-0.25, -0.2) is 12.8 Å². The molecule has 4 aliphatic carbocycles. The van der Waals surface area contributed by atoms with Crippen molar-refractivity contribution in [3.8, 4) is 0 Å². The molecule has 7 rings (SSSR count). The first-order valence-electron chi connectivity index (χ1n) is 14.1. The number of carbonyl (C=O) groups excluding carboxylic acids is 2. The zero-order valence-electron chi connectivity index (χ0n) is 21.8. The van der Waals surface area contributed by atoms with Gasteiger partial charge in [0.1, 0.15) is 17.2 Å². The average molecular weight is 553 g/mol. The summed E-state index contributed by atoms with van der Waals surface area (Å²) in [5, 5.41) is -0.322. The van der Waals surface area contributed by atoms with E-state index in [0.29, 0.717) is 62.4 Å². The monoisotopic (exact) mass is 552 g/mol. The minimum Gasteiger partial charge on any atom is -0.342 e. The Kier molecular flexibility index (Phi) is 5.77. The number of sulfonamides is 1. The van der Waals surface area contributed by atoms with Gasteiger partial charge in [-0.1, -0.05) is 24.3 Å². The lowest BCUT2D eigenvalue weighted by Crippen LogP contribution is -2.41. The Bertz CT molecular complexity index is 1440. The number of nitrogens with one attached hydrogen (secondary N) is 1. The predicted molar refractivity (Wildman–Crippen MR) is 145 cm³/mol. The van der Waals surface area contributed by atoms with Crippen molar-refractivity contribution in [2.24, 2.45) is 16.8 Å². The maximum atomic E-state index is 15.7. The van der Waals surface area contributed by atoms with Crippen molar-refractivity contribution in [3.63, 3.8) is 0 Å². The highest BCUT2D eigenvalue weighted by molar-refractivity contribution is 7.93. The van der Waals surface area contributed by atoms with Crippen molar-refractivity contribution >= 4 is 33.4 Å². The fraction of sp³-hybridized carbons (Fsp3) is 0.552. The number of carbonyl (C=O) groups is 2. The molecule has 39 heavy (non-hydrogen) atoms. The summed E-state index contributed by atoms with van der Waals surface area (Å²) >= 11 is 0. The molecule has 1 aromatic rings. The van der Waals surface area contributed by atoms with E-state index in [0.717, 1.165) is 24.8 Å². The van der Waals surface area contributed by atoms with Crippen LogP contribution in [-0.4, -0.2) is 66.3 Å². The Labute approximate surface area is 228 Å². The number of halogens is 1. The van der Waals surface area contributed by atoms with E-state index in [-0.39, 0.29) is 47.1 Å². The fourth-order valence-electron chi connectivity index (χ4n) is 6.06. The highest BCUT2D eigenvalue weighted by Crippen LogP contribution is 2.47. The van der Waals surface area contributed by atoms with Gasteiger partial charge in [0.25, 0.3) is 5.91 Å². The Balaban J connectivity index is 1.07.